The largest absolute Gasteiger partial charge is 0.379 e. The number of nitrogens with one attached hydrogen (secondary N) is 1. The second kappa shape index (κ2) is 10.5. The molecule has 1 aliphatic heterocycles. The molecule has 29 heavy (non-hydrogen) atoms. The fourth-order valence-corrected chi connectivity index (χ4v) is 3.63. The number of benzene rings is 2. The summed E-state index contributed by atoms with van der Waals surface area (Å²) in [4.78, 5) is 17.6. The molecule has 0 unspecified atom stereocenters. The van der Waals surface area contributed by atoms with Gasteiger partial charge in [0.25, 0.3) is 5.91 Å². The smallest absolute Gasteiger partial charge is 0.255 e. The molecule has 0 bridgehead atoms. The topological polar surface area (TPSA) is 44.8 Å². The van der Waals surface area contributed by atoms with Gasteiger partial charge in [-0.2, -0.15) is 0 Å². The Labute approximate surface area is 174 Å². The van der Waals surface area contributed by atoms with Crippen molar-refractivity contribution in [1.82, 2.24) is 9.80 Å². The van der Waals surface area contributed by atoms with Crippen LogP contribution in [0.2, 0.25) is 0 Å². The Morgan fingerprint density at radius 1 is 1.10 bits per heavy atom. The Kier molecular flexibility index (Phi) is 7.81. The van der Waals surface area contributed by atoms with Gasteiger partial charge in [-0.15, -0.1) is 0 Å². The third-order valence-electron chi connectivity index (χ3n) is 5.50. The Balaban J connectivity index is 1.64. The molecule has 2 aromatic carbocycles. The standard InChI is InChI=1S/C24H33N3O2/c1-4-27(19(2)3)17-20-9-11-21(12-10-20)24(28)25-23-8-6-5-7-22(23)18-26-13-15-29-16-14-26/h5-12,19H,4,13-18H2,1-3H3,(H,25,28). The maximum absolute atomic E-state index is 12.8. The fraction of sp³-hybridized carbons (Fsp3) is 0.458. The van der Waals surface area contributed by atoms with E-state index in [1.54, 1.807) is 0 Å². The van der Waals surface area contributed by atoms with Crippen LogP contribution in [0.4, 0.5) is 5.69 Å². The van der Waals surface area contributed by atoms with Crippen molar-refractivity contribution in [3.05, 3.63) is 65.2 Å². The zero-order chi connectivity index (χ0) is 20.6. The van der Waals surface area contributed by atoms with Crippen molar-refractivity contribution in [3.8, 4) is 0 Å². The second-order valence-corrected chi connectivity index (χ2v) is 7.85. The molecule has 0 atom stereocenters. The van der Waals surface area contributed by atoms with Gasteiger partial charge in [-0.05, 0) is 49.7 Å². The summed E-state index contributed by atoms with van der Waals surface area (Å²) < 4.78 is 5.43. The van der Waals surface area contributed by atoms with Gasteiger partial charge in [0.2, 0.25) is 0 Å². The van der Waals surface area contributed by atoms with Gasteiger partial charge in [0.1, 0.15) is 0 Å². The molecule has 1 N–H and O–H groups in total. The quantitative estimate of drug-likeness (QED) is 0.734. The molecule has 0 spiro atoms. The SMILES string of the molecule is CCN(Cc1ccc(C(=O)Nc2ccccc2CN2CCOCC2)cc1)C(C)C. The number of morpholine rings is 1. The summed E-state index contributed by atoms with van der Waals surface area (Å²) in [6.07, 6.45) is 0. The van der Waals surface area contributed by atoms with Crippen LogP contribution < -0.4 is 5.32 Å². The first-order valence-corrected chi connectivity index (χ1v) is 10.6. The van der Waals surface area contributed by atoms with Crippen molar-refractivity contribution in [2.45, 2.75) is 39.9 Å². The van der Waals surface area contributed by atoms with Crippen molar-refractivity contribution in [2.24, 2.45) is 0 Å². The molecule has 5 nitrogen and oxygen atoms in total. The van der Waals surface area contributed by atoms with Crippen molar-refractivity contribution >= 4 is 11.6 Å². The minimum absolute atomic E-state index is 0.0674. The maximum atomic E-state index is 12.8. The number of hydrogen-bond donors (Lipinski definition) is 1. The van der Waals surface area contributed by atoms with Gasteiger partial charge in [0.05, 0.1) is 13.2 Å². The highest BCUT2D eigenvalue weighted by Gasteiger charge is 2.15. The van der Waals surface area contributed by atoms with E-state index in [0.29, 0.717) is 11.6 Å². The summed E-state index contributed by atoms with van der Waals surface area (Å²) in [7, 11) is 0. The molecular formula is C24H33N3O2. The number of rotatable bonds is 8. The number of anilines is 1. The van der Waals surface area contributed by atoms with Crippen molar-refractivity contribution < 1.29 is 9.53 Å². The van der Waals surface area contributed by atoms with E-state index in [4.69, 9.17) is 4.74 Å². The molecule has 1 aliphatic rings. The number of hydrogen-bond acceptors (Lipinski definition) is 4. The van der Waals surface area contributed by atoms with Crippen LogP contribution >= 0.6 is 0 Å². The van der Waals surface area contributed by atoms with Gasteiger partial charge in [-0.3, -0.25) is 14.6 Å². The van der Waals surface area contributed by atoms with Gasteiger partial charge in [0.15, 0.2) is 0 Å². The molecule has 1 saturated heterocycles. The lowest BCUT2D eigenvalue weighted by Crippen LogP contribution is -2.35. The Morgan fingerprint density at radius 3 is 2.45 bits per heavy atom. The molecule has 0 saturated carbocycles. The van der Waals surface area contributed by atoms with Crippen molar-refractivity contribution in [2.75, 3.05) is 38.2 Å². The van der Waals surface area contributed by atoms with Crippen LogP contribution in [0.15, 0.2) is 48.5 Å². The Bertz CT molecular complexity index is 783. The molecule has 1 heterocycles. The fourth-order valence-electron chi connectivity index (χ4n) is 3.63. The number of nitrogens with zero attached hydrogens (tertiary/aromatic N) is 2. The van der Waals surface area contributed by atoms with E-state index in [2.05, 4.69) is 54.1 Å². The molecule has 1 amide bonds. The summed E-state index contributed by atoms with van der Waals surface area (Å²) >= 11 is 0. The molecule has 3 rings (SSSR count). The number of carbonyl (C=O) groups excluding carboxylic acids is 1. The van der Waals surface area contributed by atoms with E-state index in [1.165, 1.54) is 5.56 Å². The highest BCUT2D eigenvalue weighted by atomic mass is 16.5. The first-order valence-electron chi connectivity index (χ1n) is 10.6. The van der Waals surface area contributed by atoms with Gasteiger partial charge in [0, 0.05) is 43.5 Å². The van der Waals surface area contributed by atoms with Crippen LogP contribution in [0.3, 0.4) is 0 Å². The lowest BCUT2D eigenvalue weighted by molar-refractivity contribution is 0.0342. The maximum Gasteiger partial charge on any atom is 0.255 e. The third-order valence-corrected chi connectivity index (χ3v) is 5.50. The second-order valence-electron chi connectivity index (χ2n) is 7.85. The molecule has 2 aromatic rings. The van der Waals surface area contributed by atoms with E-state index in [0.717, 1.165) is 57.2 Å². The van der Waals surface area contributed by atoms with Crippen LogP contribution in [0, 0.1) is 0 Å². The predicted octanol–water partition coefficient (Wildman–Crippen LogP) is 4.00. The molecular weight excluding hydrogens is 362 g/mol. The molecule has 5 heteroatoms. The average molecular weight is 396 g/mol. The van der Waals surface area contributed by atoms with Gasteiger partial charge >= 0.3 is 0 Å². The van der Waals surface area contributed by atoms with Gasteiger partial charge < -0.3 is 10.1 Å². The minimum atomic E-state index is -0.0674. The van der Waals surface area contributed by atoms with E-state index in [-0.39, 0.29) is 5.91 Å². The first-order chi connectivity index (χ1) is 14.1. The van der Waals surface area contributed by atoms with E-state index in [9.17, 15) is 4.79 Å². The van der Waals surface area contributed by atoms with E-state index >= 15 is 0 Å². The highest BCUT2D eigenvalue weighted by Crippen LogP contribution is 2.19. The van der Waals surface area contributed by atoms with Crippen LogP contribution in [0.5, 0.6) is 0 Å². The van der Waals surface area contributed by atoms with Crippen molar-refractivity contribution in [3.63, 3.8) is 0 Å². The van der Waals surface area contributed by atoms with Crippen molar-refractivity contribution in [1.29, 1.82) is 0 Å². The zero-order valence-corrected chi connectivity index (χ0v) is 17.9. The molecule has 0 radical (unpaired) electrons. The Morgan fingerprint density at radius 2 is 1.79 bits per heavy atom. The summed E-state index contributed by atoms with van der Waals surface area (Å²) in [5, 5.41) is 3.10. The number of carbonyl (C=O) groups is 1. The van der Waals surface area contributed by atoms with E-state index in [1.807, 2.05) is 30.3 Å². The third kappa shape index (κ3) is 6.13. The summed E-state index contributed by atoms with van der Waals surface area (Å²) in [5.41, 5.74) is 3.92. The molecule has 156 valence electrons. The number of ether oxygens (including phenoxy) is 1. The summed E-state index contributed by atoms with van der Waals surface area (Å²) in [6.45, 7) is 12.7. The minimum Gasteiger partial charge on any atom is -0.379 e. The molecule has 0 aromatic heterocycles. The lowest BCUT2D eigenvalue weighted by atomic mass is 10.1. The molecule has 0 aliphatic carbocycles. The van der Waals surface area contributed by atoms with Gasteiger partial charge in [-0.1, -0.05) is 37.3 Å². The van der Waals surface area contributed by atoms with E-state index < -0.39 is 0 Å². The predicted molar refractivity (Wildman–Crippen MR) is 118 cm³/mol. The van der Waals surface area contributed by atoms with Crippen LogP contribution in [-0.4, -0.2) is 54.6 Å². The highest BCUT2D eigenvalue weighted by molar-refractivity contribution is 6.04. The monoisotopic (exact) mass is 395 g/mol. The Hall–Kier alpha value is -2.21. The lowest BCUT2D eigenvalue weighted by Gasteiger charge is -2.27. The summed E-state index contributed by atoms with van der Waals surface area (Å²) in [6, 6.07) is 16.5. The summed E-state index contributed by atoms with van der Waals surface area (Å²) in [5.74, 6) is -0.0674. The average Bonchev–Trinajstić information content (AvgIpc) is 2.74. The van der Waals surface area contributed by atoms with Crippen LogP contribution in [0.25, 0.3) is 0 Å². The van der Waals surface area contributed by atoms with Crippen LogP contribution in [-0.2, 0) is 17.8 Å². The normalized spacial score (nSPS) is 15.1. The van der Waals surface area contributed by atoms with Gasteiger partial charge in [-0.25, -0.2) is 0 Å². The zero-order valence-electron chi connectivity index (χ0n) is 17.9. The number of para-hydroxylation sites is 1. The first kappa shape index (κ1) is 21.5. The van der Waals surface area contributed by atoms with Crippen LogP contribution in [0.1, 0.15) is 42.3 Å². The number of amides is 1. The molecule has 1 fully saturated rings.